The summed E-state index contributed by atoms with van der Waals surface area (Å²) in [4.78, 5) is 27.7. The summed E-state index contributed by atoms with van der Waals surface area (Å²) >= 11 is 0. The van der Waals surface area contributed by atoms with Crippen molar-refractivity contribution in [3.05, 3.63) is 87.7 Å². The highest BCUT2D eigenvalue weighted by atomic mass is 16.3. The molecule has 4 rings (SSSR count). The maximum Gasteiger partial charge on any atom is 0.261 e. The van der Waals surface area contributed by atoms with E-state index in [4.69, 9.17) is 0 Å². The fraction of sp³-hybridized carbons (Fsp3) is 0.143. The predicted molar refractivity (Wildman–Crippen MR) is 99.1 cm³/mol. The van der Waals surface area contributed by atoms with Crippen LogP contribution in [0.4, 0.5) is 0 Å². The molecule has 0 radical (unpaired) electrons. The van der Waals surface area contributed by atoms with E-state index in [0.717, 1.165) is 16.7 Å². The van der Waals surface area contributed by atoms with Crippen LogP contribution in [0.25, 0.3) is 11.3 Å². The lowest BCUT2D eigenvalue weighted by Gasteiger charge is -2.14. The summed E-state index contributed by atoms with van der Waals surface area (Å²) < 4.78 is 0. The zero-order chi connectivity index (χ0) is 18.1. The largest absolute Gasteiger partial charge is 0.508 e. The number of carbonyl (C=O) groups excluding carboxylic acids is 1. The normalized spacial score (nSPS) is 15.5. The number of aromatic amines is 1. The maximum atomic E-state index is 12.6. The molecule has 1 amide bonds. The Kier molecular flexibility index (Phi) is 4.05. The molecule has 0 saturated heterocycles. The molecule has 5 heteroatoms. The number of fused-ring (bicyclic) bond motifs is 1. The van der Waals surface area contributed by atoms with Crippen LogP contribution in [0.5, 0.6) is 5.75 Å². The molecule has 0 spiro atoms. The highest BCUT2D eigenvalue weighted by molar-refractivity contribution is 5.94. The van der Waals surface area contributed by atoms with Gasteiger partial charge >= 0.3 is 0 Å². The van der Waals surface area contributed by atoms with E-state index >= 15 is 0 Å². The molecule has 5 nitrogen and oxygen atoms in total. The lowest BCUT2D eigenvalue weighted by atomic mass is 10.1. The molecule has 1 aliphatic rings. The van der Waals surface area contributed by atoms with Crippen molar-refractivity contribution in [3.63, 3.8) is 0 Å². The second-order valence-electron chi connectivity index (χ2n) is 6.39. The number of hydrogen-bond donors (Lipinski definition) is 3. The molecule has 1 aromatic heterocycles. The van der Waals surface area contributed by atoms with Gasteiger partial charge in [0.05, 0.1) is 6.04 Å². The number of aromatic nitrogens is 1. The summed E-state index contributed by atoms with van der Waals surface area (Å²) in [6.07, 6.45) is 1.41. The van der Waals surface area contributed by atoms with Gasteiger partial charge in [-0.05, 0) is 47.7 Å². The Morgan fingerprint density at radius 1 is 1.04 bits per heavy atom. The van der Waals surface area contributed by atoms with Crippen LogP contribution in [0.1, 0.15) is 33.9 Å². The number of aromatic hydroxyl groups is 1. The summed E-state index contributed by atoms with van der Waals surface area (Å²) in [5, 5.41) is 12.8. The molecule has 1 atom stereocenters. The zero-order valence-electron chi connectivity index (χ0n) is 14.0. The number of amides is 1. The van der Waals surface area contributed by atoms with E-state index in [0.29, 0.717) is 18.5 Å². The van der Waals surface area contributed by atoms with Gasteiger partial charge in [-0.3, -0.25) is 9.59 Å². The second kappa shape index (κ2) is 6.52. The van der Waals surface area contributed by atoms with E-state index in [2.05, 4.69) is 10.3 Å². The van der Waals surface area contributed by atoms with Gasteiger partial charge in [0.15, 0.2) is 0 Å². The van der Waals surface area contributed by atoms with Gasteiger partial charge in [-0.15, -0.1) is 0 Å². The molecule has 0 bridgehead atoms. The van der Waals surface area contributed by atoms with E-state index in [1.54, 1.807) is 24.3 Å². The van der Waals surface area contributed by atoms with Crippen molar-refractivity contribution in [1.82, 2.24) is 10.3 Å². The SMILES string of the molecule is O=C(N[C@@H]1CCc2c(O)cccc21)c1ccc(-c2ccccc2)[nH]c1=O. The Morgan fingerprint density at radius 2 is 1.85 bits per heavy atom. The van der Waals surface area contributed by atoms with Crippen LogP contribution in [-0.2, 0) is 6.42 Å². The van der Waals surface area contributed by atoms with Gasteiger partial charge in [-0.1, -0.05) is 42.5 Å². The molecule has 0 saturated carbocycles. The first-order valence-corrected chi connectivity index (χ1v) is 8.54. The number of H-pyrrole nitrogens is 1. The zero-order valence-corrected chi connectivity index (χ0v) is 14.0. The Hall–Kier alpha value is -3.34. The minimum absolute atomic E-state index is 0.0817. The summed E-state index contributed by atoms with van der Waals surface area (Å²) in [5.74, 6) is -0.156. The molecule has 3 aromatic rings. The predicted octanol–water partition coefficient (Wildman–Crippen LogP) is 3.16. The quantitative estimate of drug-likeness (QED) is 0.681. The van der Waals surface area contributed by atoms with E-state index in [9.17, 15) is 14.7 Å². The Balaban J connectivity index is 1.57. The summed E-state index contributed by atoms with van der Waals surface area (Å²) in [6, 6.07) is 17.9. The Labute approximate surface area is 150 Å². The summed E-state index contributed by atoms with van der Waals surface area (Å²) in [5.41, 5.74) is 3.00. The minimum Gasteiger partial charge on any atom is -0.508 e. The van der Waals surface area contributed by atoms with Crippen molar-refractivity contribution >= 4 is 5.91 Å². The number of nitrogens with one attached hydrogen (secondary N) is 2. The maximum absolute atomic E-state index is 12.6. The van der Waals surface area contributed by atoms with Gasteiger partial charge in [0.1, 0.15) is 11.3 Å². The van der Waals surface area contributed by atoms with Crippen molar-refractivity contribution in [2.45, 2.75) is 18.9 Å². The van der Waals surface area contributed by atoms with E-state index in [-0.39, 0.29) is 17.4 Å². The van der Waals surface area contributed by atoms with E-state index < -0.39 is 11.5 Å². The van der Waals surface area contributed by atoms with Gasteiger partial charge in [0.25, 0.3) is 11.5 Å². The summed E-state index contributed by atoms with van der Waals surface area (Å²) in [6.45, 7) is 0. The van der Waals surface area contributed by atoms with Crippen LogP contribution in [0, 0.1) is 0 Å². The van der Waals surface area contributed by atoms with Gasteiger partial charge in [-0.25, -0.2) is 0 Å². The van der Waals surface area contributed by atoms with Gasteiger partial charge < -0.3 is 15.4 Å². The Bertz CT molecular complexity index is 1020. The molecule has 0 fully saturated rings. The highest BCUT2D eigenvalue weighted by Gasteiger charge is 2.26. The second-order valence-corrected chi connectivity index (χ2v) is 6.39. The average Bonchev–Trinajstić information content (AvgIpc) is 3.06. The topological polar surface area (TPSA) is 82.2 Å². The highest BCUT2D eigenvalue weighted by Crippen LogP contribution is 2.36. The molecule has 1 aliphatic carbocycles. The number of rotatable bonds is 3. The molecule has 0 unspecified atom stereocenters. The van der Waals surface area contributed by atoms with Crippen molar-refractivity contribution in [2.75, 3.05) is 0 Å². The number of phenolic OH excluding ortho intramolecular Hbond substituents is 1. The third kappa shape index (κ3) is 2.88. The van der Waals surface area contributed by atoms with Crippen molar-refractivity contribution in [2.24, 2.45) is 0 Å². The third-order valence-electron chi connectivity index (χ3n) is 4.79. The van der Waals surface area contributed by atoms with E-state index in [1.165, 1.54) is 0 Å². The number of hydrogen-bond acceptors (Lipinski definition) is 3. The lowest BCUT2D eigenvalue weighted by Crippen LogP contribution is -2.32. The molecule has 130 valence electrons. The van der Waals surface area contributed by atoms with Crippen molar-refractivity contribution in [3.8, 4) is 17.0 Å². The smallest absolute Gasteiger partial charge is 0.261 e. The molecule has 1 heterocycles. The van der Waals surface area contributed by atoms with Gasteiger partial charge in [0.2, 0.25) is 0 Å². The molecule has 26 heavy (non-hydrogen) atoms. The van der Waals surface area contributed by atoms with Crippen LogP contribution in [0.2, 0.25) is 0 Å². The first-order valence-electron chi connectivity index (χ1n) is 8.54. The average molecular weight is 346 g/mol. The van der Waals surface area contributed by atoms with Crippen LogP contribution in [-0.4, -0.2) is 16.0 Å². The monoisotopic (exact) mass is 346 g/mol. The molecule has 3 N–H and O–H groups in total. The Morgan fingerprint density at radius 3 is 2.62 bits per heavy atom. The van der Waals surface area contributed by atoms with Crippen LogP contribution >= 0.6 is 0 Å². The van der Waals surface area contributed by atoms with Gasteiger partial charge in [0, 0.05) is 5.69 Å². The van der Waals surface area contributed by atoms with Gasteiger partial charge in [-0.2, -0.15) is 0 Å². The number of phenols is 1. The van der Waals surface area contributed by atoms with Crippen LogP contribution in [0.3, 0.4) is 0 Å². The number of pyridine rings is 1. The molecular formula is C21H18N2O3. The van der Waals surface area contributed by atoms with Crippen LogP contribution in [0.15, 0.2) is 65.5 Å². The van der Waals surface area contributed by atoms with Crippen LogP contribution < -0.4 is 10.9 Å². The van der Waals surface area contributed by atoms with Crippen molar-refractivity contribution < 1.29 is 9.90 Å². The fourth-order valence-electron chi connectivity index (χ4n) is 3.46. The standard InChI is InChI=1S/C21H18N2O3/c24-19-8-4-7-14-15(19)9-12-18(14)23-21(26)16-10-11-17(22-20(16)25)13-5-2-1-3-6-13/h1-8,10-11,18,24H,9,12H2,(H,22,25)(H,23,26)/t18-/m1/s1. The molecule has 0 aliphatic heterocycles. The molecular weight excluding hydrogens is 328 g/mol. The minimum atomic E-state index is -0.419. The lowest BCUT2D eigenvalue weighted by molar-refractivity contribution is 0.0935. The van der Waals surface area contributed by atoms with E-state index in [1.807, 2.05) is 36.4 Å². The first-order chi connectivity index (χ1) is 12.6. The number of carbonyl (C=O) groups is 1. The fourth-order valence-corrected chi connectivity index (χ4v) is 3.46. The molecule has 2 aromatic carbocycles. The first kappa shape index (κ1) is 16.1. The third-order valence-corrected chi connectivity index (χ3v) is 4.79. The van der Waals surface area contributed by atoms with Crippen molar-refractivity contribution in [1.29, 1.82) is 0 Å². The number of benzene rings is 2. The summed E-state index contributed by atoms with van der Waals surface area (Å²) in [7, 11) is 0.